The Morgan fingerprint density at radius 3 is 2.64 bits per heavy atom. The van der Waals surface area contributed by atoms with Gasteiger partial charge < -0.3 is 14.8 Å². The van der Waals surface area contributed by atoms with Gasteiger partial charge in [0.15, 0.2) is 0 Å². The number of nitrogens with one attached hydrogen (secondary N) is 1. The first-order valence-corrected chi connectivity index (χ1v) is 8.11. The Labute approximate surface area is 131 Å². The molecule has 1 N–H and O–H groups in total. The molecule has 0 radical (unpaired) electrons. The third-order valence-electron chi connectivity index (χ3n) is 4.24. The summed E-state index contributed by atoms with van der Waals surface area (Å²) in [4.78, 5) is 24.4. The van der Waals surface area contributed by atoms with Crippen LogP contribution in [0, 0.1) is 5.92 Å². The normalized spacial score (nSPS) is 15.8. The second-order valence-electron chi connectivity index (χ2n) is 6.38. The van der Waals surface area contributed by atoms with Crippen molar-refractivity contribution >= 4 is 22.9 Å². The summed E-state index contributed by atoms with van der Waals surface area (Å²) >= 11 is 0. The smallest absolute Gasteiger partial charge is 0.222 e. The molecule has 1 aliphatic heterocycles. The summed E-state index contributed by atoms with van der Waals surface area (Å²) in [5.74, 6) is 1.79. The molecule has 2 heterocycles. The molecule has 1 aliphatic rings. The number of anilines is 1. The van der Waals surface area contributed by atoms with Gasteiger partial charge in [-0.05, 0) is 24.5 Å². The van der Waals surface area contributed by atoms with Gasteiger partial charge in [-0.1, -0.05) is 26.0 Å². The van der Waals surface area contributed by atoms with Crippen LogP contribution >= 0.6 is 0 Å². The van der Waals surface area contributed by atoms with Crippen LogP contribution in [-0.4, -0.2) is 47.0 Å². The lowest BCUT2D eigenvalue weighted by Crippen LogP contribution is -2.49. The van der Waals surface area contributed by atoms with E-state index in [2.05, 4.69) is 28.7 Å². The summed E-state index contributed by atoms with van der Waals surface area (Å²) in [6, 6.07) is 8.06. The Morgan fingerprint density at radius 2 is 1.95 bits per heavy atom. The minimum absolute atomic E-state index is 0.290. The van der Waals surface area contributed by atoms with Crippen LogP contribution in [0.1, 0.15) is 26.7 Å². The van der Waals surface area contributed by atoms with Crippen LogP contribution in [0.4, 0.5) is 5.95 Å². The van der Waals surface area contributed by atoms with Gasteiger partial charge >= 0.3 is 0 Å². The molecule has 0 spiro atoms. The van der Waals surface area contributed by atoms with Crippen LogP contribution in [0.25, 0.3) is 11.0 Å². The molecule has 0 unspecified atom stereocenters. The predicted octanol–water partition coefficient (Wildman–Crippen LogP) is 2.65. The average molecular weight is 300 g/mol. The molecule has 1 aromatic heterocycles. The van der Waals surface area contributed by atoms with Gasteiger partial charge in [0.25, 0.3) is 0 Å². The highest BCUT2D eigenvalue weighted by molar-refractivity contribution is 5.78. The summed E-state index contributed by atoms with van der Waals surface area (Å²) in [6.07, 6.45) is 1.64. The van der Waals surface area contributed by atoms with Gasteiger partial charge in [-0.3, -0.25) is 4.79 Å². The molecule has 118 valence electrons. The molecule has 0 aliphatic carbocycles. The largest absolute Gasteiger partial charge is 0.339 e. The lowest BCUT2D eigenvalue weighted by Gasteiger charge is -2.34. The maximum atomic E-state index is 12.2. The van der Waals surface area contributed by atoms with Crippen molar-refractivity contribution in [2.75, 3.05) is 31.1 Å². The summed E-state index contributed by atoms with van der Waals surface area (Å²) < 4.78 is 0. The van der Waals surface area contributed by atoms with Gasteiger partial charge in [-0.25, -0.2) is 4.98 Å². The number of imidazole rings is 1. The number of carbonyl (C=O) groups is 1. The van der Waals surface area contributed by atoms with Crippen LogP contribution in [0.2, 0.25) is 0 Å². The first-order valence-electron chi connectivity index (χ1n) is 8.11. The Kier molecular flexibility index (Phi) is 4.32. The van der Waals surface area contributed by atoms with E-state index in [9.17, 15) is 4.79 Å². The molecule has 0 saturated carbocycles. The number of nitrogens with zero attached hydrogens (tertiary/aromatic N) is 3. The molecular formula is C17H24N4O. The minimum atomic E-state index is 0.290. The van der Waals surface area contributed by atoms with Crippen molar-refractivity contribution in [3.05, 3.63) is 24.3 Å². The van der Waals surface area contributed by atoms with E-state index in [0.29, 0.717) is 12.3 Å². The van der Waals surface area contributed by atoms with Gasteiger partial charge in [0, 0.05) is 32.6 Å². The van der Waals surface area contributed by atoms with E-state index >= 15 is 0 Å². The third kappa shape index (κ3) is 3.24. The highest BCUT2D eigenvalue weighted by Gasteiger charge is 2.22. The quantitative estimate of drug-likeness (QED) is 0.944. The van der Waals surface area contributed by atoms with Crippen molar-refractivity contribution in [1.29, 1.82) is 0 Å². The fourth-order valence-corrected chi connectivity index (χ4v) is 2.83. The van der Waals surface area contributed by atoms with Crippen LogP contribution in [0.3, 0.4) is 0 Å². The molecule has 1 fully saturated rings. The monoisotopic (exact) mass is 300 g/mol. The van der Waals surface area contributed by atoms with Crippen LogP contribution < -0.4 is 4.90 Å². The van der Waals surface area contributed by atoms with Gasteiger partial charge in [0.1, 0.15) is 0 Å². The second kappa shape index (κ2) is 6.38. The van der Waals surface area contributed by atoms with E-state index in [4.69, 9.17) is 0 Å². The average Bonchev–Trinajstić information content (AvgIpc) is 2.96. The Hall–Kier alpha value is -2.04. The molecule has 1 aromatic carbocycles. The topological polar surface area (TPSA) is 52.2 Å². The van der Waals surface area contributed by atoms with Crippen molar-refractivity contribution in [2.45, 2.75) is 26.7 Å². The van der Waals surface area contributed by atoms with Crippen LogP contribution in [-0.2, 0) is 4.79 Å². The van der Waals surface area contributed by atoms with E-state index in [0.717, 1.165) is 49.6 Å². The maximum absolute atomic E-state index is 12.2. The third-order valence-corrected chi connectivity index (χ3v) is 4.24. The predicted molar refractivity (Wildman–Crippen MR) is 89.0 cm³/mol. The van der Waals surface area contributed by atoms with E-state index < -0.39 is 0 Å². The highest BCUT2D eigenvalue weighted by atomic mass is 16.2. The summed E-state index contributed by atoms with van der Waals surface area (Å²) in [7, 11) is 0. The number of rotatable bonds is 4. The first-order chi connectivity index (χ1) is 10.6. The molecular weight excluding hydrogens is 276 g/mol. The Morgan fingerprint density at radius 1 is 1.23 bits per heavy atom. The van der Waals surface area contributed by atoms with Gasteiger partial charge in [-0.2, -0.15) is 0 Å². The van der Waals surface area contributed by atoms with E-state index in [1.54, 1.807) is 0 Å². The van der Waals surface area contributed by atoms with Gasteiger partial charge in [0.05, 0.1) is 11.0 Å². The van der Waals surface area contributed by atoms with Crippen molar-refractivity contribution < 1.29 is 4.79 Å². The fourth-order valence-electron chi connectivity index (χ4n) is 2.83. The molecule has 1 saturated heterocycles. The number of hydrogen-bond donors (Lipinski definition) is 1. The van der Waals surface area contributed by atoms with Crippen molar-refractivity contribution in [3.63, 3.8) is 0 Å². The Balaban J connectivity index is 1.58. The van der Waals surface area contributed by atoms with E-state index in [1.807, 2.05) is 29.2 Å². The molecule has 1 amide bonds. The van der Waals surface area contributed by atoms with Crippen LogP contribution in [0.15, 0.2) is 24.3 Å². The SMILES string of the molecule is CC(C)CCC(=O)N1CCN(c2nc3ccccc3[nH]2)CC1. The van der Waals surface area contributed by atoms with Gasteiger partial charge in [0.2, 0.25) is 11.9 Å². The molecule has 3 rings (SSSR count). The number of aromatic amines is 1. The van der Waals surface area contributed by atoms with Gasteiger partial charge in [-0.15, -0.1) is 0 Å². The highest BCUT2D eigenvalue weighted by Crippen LogP contribution is 2.18. The zero-order valence-corrected chi connectivity index (χ0v) is 13.4. The number of piperazine rings is 1. The number of H-pyrrole nitrogens is 1. The molecule has 5 nitrogen and oxygen atoms in total. The number of hydrogen-bond acceptors (Lipinski definition) is 3. The zero-order chi connectivity index (χ0) is 15.5. The lowest BCUT2D eigenvalue weighted by atomic mass is 10.1. The molecule has 5 heteroatoms. The standard InChI is InChI=1S/C17H24N4O/c1-13(2)7-8-16(22)20-9-11-21(12-10-20)17-18-14-5-3-4-6-15(14)19-17/h3-6,13H,7-12H2,1-2H3,(H,18,19). The summed E-state index contributed by atoms with van der Waals surface area (Å²) in [5.41, 5.74) is 2.06. The number of fused-ring (bicyclic) bond motifs is 1. The van der Waals surface area contributed by atoms with E-state index in [-0.39, 0.29) is 5.91 Å². The molecule has 0 bridgehead atoms. The number of benzene rings is 1. The van der Waals surface area contributed by atoms with Crippen LogP contribution in [0.5, 0.6) is 0 Å². The summed E-state index contributed by atoms with van der Waals surface area (Å²) in [6.45, 7) is 7.57. The van der Waals surface area contributed by atoms with E-state index in [1.165, 1.54) is 0 Å². The first kappa shape index (κ1) is 14.9. The molecule has 0 atom stereocenters. The number of aromatic nitrogens is 2. The summed E-state index contributed by atoms with van der Waals surface area (Å²) in [5, 5.41) is 0. The molecule has 2 aromatic rings. The van der Waals surface area contributed by atoms with Crippen molar-refractivity contribution in [2.24, 2.45) is 5.92 Å². The number of carbonyl (C=O) groups excluding carboxylic acids is 1. The van der Waals surface area contributed by atoms with Crippen molar-refractivity contribution in [1.82, 2.24) is 14.9 Å². The second-order valence-corrected chi connectivity index (χ2v) is 6.38. The number of para-hydroxylation sites is 2. The number of amides is 1. The fraction of sp³-hybridized carbons (Fsp3) is 0.529. The lowest BCUT2D eigenvalue weighted by molar-refractivity contribution is -0.131. The Bertz CT molecular complexity index is 608. The molecule has 22 heavy (non-hydrogen) atoms. The zero-order valence-electron chi connectivity index (χ0n) is 13.4. The van der Waals surface area contributed by atoms with Crippen molar-refractivity contribution in [3.8, 4) is 0 Å². The minimum Gasteiger partial charge on any atom is -0.339 e. The maximum Gasteiger partial charge on any atom is 0.222 e.